The van der Waals surface area contributed by atoms with Crippen molar-refractivity contribution in [3.63, 3.8) is 0 Å². The Kier molecular flexibility index (Phi) is 2.57. The number of hydrogen-bond acceptors (Lipinski definition) is 2. The quantitative estimate of drug-likeness (QED) is 0.811. The third kappa shape index (κ3) is 1.50. The van der Waals surface area contributed by atoms with Gasteiger partial charge in [0.05, 0.1) is 12.1 Å². The molecule has 0 spiro atoms. The van der Waals surface area contributed by atoms with Gasteiger partial charge in [-0.15, -0.1) is 0 Å². The molecule has 0 fully saturated rings. The predicted octanol–water partition coefficient (Wildman–Crippen LogP) is 1.81. The molecular formula is C11H17ClN2O. The molecule has 15 heavy (non-hydrogen) atoms. The molecule has 0 amide bonds. The average Bonchev–Trinajstić information content (AvgIpc) is 2.68. The number of halogens is 1. The summed E-state index contributed by atoms with van der Waals surface area (Å²) in [6, 6.07) is 0.325. The van der Waals surface area contributed by atoms with Crippen molar-refractivity contribution in [2.75, 3.05) is 6.61 Å². The molecule has 0 aliphatic heterocycles. The molecule has 3 N–H and O–H groups in total. The Bertz CT molecular complexity index is 386. The van der Waals surface area contributed by atoms with E-state index in [4.69, 9.17) is 17.3 Å². The first-order chi connectivity index (χ1) is 6.99. The molecule has 4 heteroatoms. The minimum Gasteiger partial charge on any atom is -0.394 e. The highest BCUT2D eigenvalue weighted by atomic mass is 35.5. The van der Waals surface area contributed by atoms with Crippen LogP contribution in [-0.4, -0.2) is 16.3 Å². The predicted molar refractivity (Wildman–Crippen MR) is 61.1 cm³/mol. The van der Waals surface area contributed by atoms with Gasteiger partial charge in [-0.3, -0.25) is 0 Å². The van der Waals surface area contributed by atoms with Crippen LogP contribution in [0.5, 0.6) is 0 Å². The van der Waals surface area contributed by atoms with Crippen LogP contribution in [0.25, 0.3) is 0 Å². The number of aliphatic hydroxyl groups is 1. The molecule has 1 atom stereocenters. The zero-order chi connectivity index (χ0) is 11.2. The molecule has 1 unspecified atom stereocenters. The van der Waals surface area contributed by atoms with Crippen molar-refractivity contribution in [3.05, 3.63) is 22.5 Å². The van der Waals surface area contributed by atoms with Gasteiger partial charge in [-0.25, -0.2) is 0 Å². The molecule has 0 saturated heterocycles. The highest BCUT2D eigenvalue weighted by molar-refractivity contribution is 6.30. The van der Waals surface area contributed by atoms with Gasteiger partial charge in [-0.2, -0.15) is 0 Å². The third-order valence-corrected chi connectivity index (χ3v) is 3.69. The molecule has 84 valence electrons. The molecule has 1 aromatic heterocycles. The summed E-state index contributed by atoms with van der Waals surface area (Å²) >= 11 is 6.27. The summed E-state index contributed by atoms with van der Waals surface area (Å²) < 4.78 is 2.02. The lowest BCUT2D eigenvalue weighted by molar-refractivity contribution is 0.196. The number of aromatic nitrogens is 1. The van der Waals surface area contributed by atoms with Crippen molar-refractivity contribution in [1.82, 2.24) is 4.57 Å². The zero-order valence-corrected chi connectivity index (χ0v) is 9.88. The number of aliphatic hydroxyl groups excluding tert-OH is 1. The molecule has 1 aliphatic rings. The van der Waals surface area contributed by atoms with E-state index in [0.717, 1.165) is 29.1 Å². The van der Waals surface area contributed by atoms with Crippen LogP contribution in [0.15, 0.2) is 6.20 Å². The summed E-state index contributed by atoms with van der Waals surface area (Å²) in [6.07, 6.45) is 3.64. The monoisotopic (exact) mass is 228 g/mol. The van der Waals surface area contributed by atoms with Crippen molar-refractivity contribution >= 4 is 11.6 Å². The van der Waals surface area contributed by atoms with Gasteiger partial charge in [0, 0.05) is 12.2 Å². The Morgan fingerprint density at radius 2 is 2.33 bits per heavy atom. The second kappa shape index (κ2) is 3.51. The fourth-order valence-corrected chi connectivity index (χ4v) is 2.67. The molecule has 0 saturated carbocycles. The van der Waals surface area contributed by atoms with E-state index < -0.39 is 5.54 Å². The first-order valence-electron chi connectivity index (χ1n) is 5.29. The van der Waals surface area contributed by atoms with Crippen molar-refractivity contribution in [2.45, 2.75) is 38.3 Å². The van der Waals surface area contributed by atoms with E-state index in [-0.39, 0.29) is 6.61 Å². The van der Waals surface area contributed by atoms with E-state index in [0.29, 0.717) is 6.04 Å². The van der Waals surface area contributed by atoms with E-state index >= 15 is 0 Å². The largest absolute Gasteiger partial charge is 0.394 e. The van der Waals surface area contributed by atoms with Gasteiger partial charge in [0.25, 0.3) is 0 Å². The van der Waals surface area contributed by atoms with E-state index in [1.54, 1.807) is 0 Å². The second-order valence-electron chi connectivity index (χ2n) is 4.63. The molecule has 3 nitrogen and oxygen atoms in total. The smallest absolute Gasteiger partial charge is 0.112 e. The summed E-state index contributed by atoms with van der Waals surface area (Å²) in [6.45, 7) is 4.15. The topological polar surface area (TPSA) is 51.2 Å². The van der Waals surface area contributed by atoms with Crippen LogP contribution in [0.3, 0.4) is 0 Å². The van der Waals surface area contributed by atoms with Crippen LogP contribution in [0.1, 0.15) is 37.4 Å². The fourth-order valence-electron chi connectivity index (χ4n) is 2.23. The lowest BCUT2D eigenvalue weighted by atomic mass is 9.96. The standard InChI is InChI=1S/C11H17ClN2O/c1-7(2)14-5-9-8(10(14)12)3-4-11(9,13)6-15/h5,7,15H,3-4,6,13H2,1-2H3. The number of hydrogen-bond donors (Lipinski definition) is 2. The Labute approximate surface area is 94.8 Å². The second-order valence-corrected chi connectivity index (χ2v) is 4.99. The van der Waals surface area contributed by atoms with Crippen LogP contribution >= 0.6 is 11.6 Å². The van der Waals surface area contributed by atoms with Gasteiger partial charge in [0.15, 0.2) is 0 Å². The molecule has 0 bridgehead atoms. The van der Waals surface area contributed by atoms with E-state index in [1.165, 1.54) is 0 Å². The molecule has 0 aromatic carbocycles. The summed E-state index contributed by atoms with van der Waals surface area (Å²) in [4.78, 5) is 0. The Balaban J connectivity index is 2.51. The van der Waals surface area contributed by atoms with Crippen molar-refractivity contribution in [3.8, 4) is 0 Å². The average molecular weight is 229 g/mol. The molecule has 1 aliphatic carbocycles. The normalized spacial score (nSPS) is 24.9. The van der Waals surface area contributed by atoms with Gasteiger partial charge in [0.2, 0.25) is 0 Å². The highest BCUT2D eigenvalue weighted by Crippen LogP contribution is 2.40. The SMILES string of the molecule is CC(C)n1cc2c(c1Cl)CCC2(N)CO. The molecule has 0 radical (unpaired) electrons. The van der Waals surface area contributed by atoms with Crippen molar-refractivity contribution < 1.29 is 5.11 Å². The van der Waals surface area contributed by atoms with E-state index in [1.807, 2.05) is 10.8 Å². The Morgan fingerprint density at radius 1 is 1.67 bits per heavy atom. The molecule has 2 rings (SSSR count). The maximum absolute atomic E-state index is 9.33. The van der Waals surface area contributed by atoms with Crippen molar-refractivity contribution in [1.29, 1.82) is 0 Å². The third-order valence-electron chi connectivity index (χ3n) is 3.27. The number of fused-ring (bicyclic) bond motifs is 1. The number of rotatable bonds is 2. The fraction of sp³-hybridized carbons (Fsp3) is 0.636. The van der Waals surface area contributed by atoms with Crippen LogP contribution in [-0.2, 0) is 12.0 Å². The minimum absolute atomic E-state index is 0.0154. The maximum Gasteiger partial charge on any atom is 0.112 e. The molecule has 1 aromatic rings. The van der Waals surface area contributed by atoms with Gasteiger partial charge in [-0.1, -0.05) is 11.6 Å². The van der Waals surface area contributed by atoms with Crippen LogP contribution in [0.4, 0.5) is 0 Å². The van der Waals surface area contributed by atoms with Gasteiger partial charge in [0.1, 0.15) is 5.15 Å². The van der Waals surface area contributed by atoms with E-state index in [2.05, 4.69) is 13.8 Å². The molecule has 1 heterocycles. The van der Waals surface area contributed by atoms with Crippen LogP contribution in [0.2, 0.25) is 5.15 Å². The highest BCUT2D eigenvalue weighted by Gasteiger charge is 2.38. The minimum atomic E-state index is -0.584. The van der Waals surface area contributed by atoms with Crippen molar-refractivity contribution in [2.24, 2.45) is 5.73 Å². The van der Waals surface area contributed by atoms with Crippen LogP contribution < -0.4 is 5.73 Å². The number of nitrogens with two attached hydrogens (primary N) is 1. The summed E-state index contributed by atoms with van der Waals surface area (Å²) in [5.41, 5.74) is 7.68. The summed E-state index contributed by atoms with van der Waals surface area (Å²) in [5, 5.41) is 10.1. The summed E-state index contributed by atoms with van der Waals surface area (Å²) in [7, 11) is 0. The Morgan fingerprint density at radius 3 is 2.87 bits per heavy atom. The van der Waals surface area contributed by atoms with Crippen LogP contribution in [0, 0.1) is 0 Å². The Hall–Kier alpha value is -0.510. The first kappa shape index (κ1) is 11.0. The zero-order valence-electron chi connectivity index (χ0n) is 9.13. The first-order valence-corrected chi connectivity index (χ1v) is 5.67. The van der Waals surface area contributed by atoms with Gasteiger partial charge >= 0.3 is 0 Å². The molecular weight excluding hydrogens is 212 g/mol. The lowest BCUT2D eigenvalue weighted by Crippen LogP contribution is -2.37. The number of nitrogens with zero attached hydrogens (tertiary/aromatic N) is 1. The maximum atomic E-state index is 9.33. The van der Waals surface area contributed by atoms with Gasteiger partial charge in [-0.05, 0) is 37.8 Å². The van der Waals surface area contributed by atoms with E-state index in [9.17, 15) is 5.11 Å². The summed E-state index contributed by atoms with van der Waals surface area (Å²) in [5.74, 6) is 0. The lowest BCUT2D eigenvalue weighted by Gasteiger charge is -2.21. The van der Waals surface area contributed by atoms with Gasteiger partial charge < -0.3 is 15.4 Å².